The van der Waals surface area contributed by atoms with Gasteiger partial charge in [0, 0.05) is 42.6 Å². The third-order valence-corrected chi connectivity index (χ3v) is 3.99. The summed E-state index contributed by atoms with van der Waals surface area (Å²) < 4.78 is 2.13. The van der Waals surface area contributed by atoms with E-state index in [2.05, 4.69) is 4.57 Å². The molecule has 0 amide bonds. The van der Waals surface area contributed by atoms with Crippen molar-refractivity contribution in [2.45, 2.75) is 32.2 Å². The zero-order valence-electron chi connectivity index (χ0n) is 11.6. The maximum absolute atomic E-state index is 11.8. The van der Waals surface area contributed by atoms with Crippen molar-refractivity contribution < 1.29 is 9.72 Å². The van der Waals surface area contributed by atoms with Gasteiger partial charge in [0.25, 0.3) is 5.69 Å². The molecule has 0 spiro atoms. The Morgan fingerprint density at radius 2 is 1.90 bits per heavy atom. The van der Waals surface area contributed by atoms with Gasteiger partial charge in [-0.05, 0) is 30.9 Å². The number of hydrogen-bond donors (Lipinski definition) is 0. The van der Waals surface area contributed by atoms with Gasteiger partial charge >= 0.3 is 0 Å². The molecule has 1 heterocycles. The second kappa shape index (κ2) is 5.52. The minimum Gasteiger partial charge on any atom is -0.350 e. The van der Waals surface area contributed by atoms with E-state index in [1.54, 1.807) is 12.1 Å². The van der Waals surface area contributed by atoms with Crippen LogP contribution < -0.4 is 0 Å². The lowest BCUT2D eigenvalue weighted by Gasteiger charge is -2.15. The van der Waals surface area contributed by atoms with Crippen LogP contribution in [-0.2, 0) is 19.4 Å². The molecule has 1 aliphatic carbocycles. The van der Waals surface area contributed by atoms with Crippen LogP contribution in [0.3, 0.4) is 0 Å². The van der Waals surface area contributed by atoms with Crippen LogP contribution in [0.5, 0.6) is 0 Å². The molecule has 0 atom stereocenters. The second-order valence-electron chi connectivity index (χ2n) is 5.32. The summed E-state index contributed by atoms with van der Waals surface area (Å²) in [5.41, 5.74) is 3.17. The summed E-state index contributed by atoms with van der Waals surface area (Å²) in [5, 5.41) is 10.6. The van der Waals surface area contributed by atoms with Crippen molar-refractivity contribution in [1.29, 1.82) is 0 Å². The Balaban J connectivity index is 1.71. The van der Waals surface area contributed by atoms with Gasteiger partial charge in [0.05, 0.1) is 4.92 Å². The molecule has 21 heavy (non-hydrogen) atoms. The summed E-state index contributed by atoms with van der Waals surface area (Å²) in [6, 6.07) is 8.55. The van der Waals surface area contributed by atoms with Crippen LogP contribution in [0.25, 0.3) is 0 Å². The van der Waals surface area contributed by atoms with Crippen molar-refractivity contribution in [3.05, 3.63) is 63.5 Å². The van der Waals surface area contributed by atoms with Crippen LogP contribution in [0.2, 0.25) is 0 Å². The van der Waals surface area contributed by atoms with E-state index < -0.39 is 4.92 Å². The number of carbonyl (C=O) groups is 1. The van der Waals surface area contributed by atoms with Crippen LogP contribution in [0.15, 0.2) is 36.5 Å². The molecule has 5 heteroatoms. The Hall–Kier alpha value is -2.43. The van der Waals surface area contributed by atoms with Crippen LogP contribution in [-0.4, -0.2) is 15.3 Å². The van der Waals surface area contributed by atoms with Crippen LogP contribution >= 0.6 is 0 Å². The highest BCUT2D eigenvalue weighted by molar-refractivity contribution is 5.98. The first-order valence-corrected chi connectivity index (χ1v) is 7.09. The molecule has 0 unspecified atom stereocenters. The molecule has 0 N–H and O–H groups in total. The average Bonchev–Trinajstić information content (AvgIpc) is 2.90. The van der Waals surface area contributed by atoms with E-state index in [9.17, 15) is 14.9 Å². The standard InChI is InChI=1S/C16H16N2O3/c19-16-3-1-2-15-14(16)9-11-17(15)10-8-12-4-6-13(7-5-12)18(20)21/h4-7,9,11H,1-3,8,10H2. The highest BCUT2D eigenvalue weighted by Gasteiger charge is 2.20. The molecule has 0 aliphatic heterocycles. The molecule has 0 fully saturated rings. The third-order valence-electron chi connectivity index (χ3n) is 3.99. The summed E-state index contributed by atoms with van der Waals surface area (Å²) in [7, 11) is 0. The summed E-state index contributed by atoms with van der Waals surface area (Å²) in [5.74, 6) is 0.241. The lowest BCUT2D eigenvalue weighted by molar-refractivity contribution is -0.384. The number of nitrogens with zero attached hydrogens (tertiary/aromatic N) is 2. The van der Waals surface area contributed by atoms with Crippen molar-refractivity contribution in [1.82, 2.24) is 4.57 Å². The van der Waals surface area contributed by atoms with E-state index in [1.807, 2.05) is 12.3 Å². The summed E-state index contributed by atoms with van der Waals surface area (Å²) in [4.78, 5) is 22.0. The minimum absolute atomic E-state index is 0.114. The summed E-state index contributed by atoms with van der Waals surface area (Å²) in [6.07, 6.45) is 5.30. The van der Waals surface area contributed by atoms with Crippen LogP contribution in [0.1, 0.15) is 34.5 Å². The monoisotopic (exact) mass is 284 g/mol. The van der Waals surface area contributed by atoms with Gasteiger partial charge in [-0.25, -0.2) is 0 Å². The number of aryl methyl sites for hydroxylation is 2. The first-order valence-electron chi connectivity index (χ1n) is 7.09. The molecule has 1 aromatic carbocycles. The SMILES string of the molecule is O=C1CCCc2c1ccn2CCc1ccc([N+](=O)[O-])cc1. The number of non-ortho nitro benzene ring substituents is 1. The number of nitro benzene ring substituents is 1. The smallest absolute Gasteiger partial charge is 0.269 e. The van der Waals surface area contributed by atoms with E-state index in [4.69, 9.17) is 0 Å². The number of rotatable bonds is 4. The second-order valence-corrected chi connectivity index (χ2v) is 5.32. The number of ketones is 1. The predicted octanol–water partition coefficient (Wildman–Crippen LogP) is 3.16. The molecule has 1 aliphatic rings. The van der Waals surface area contributed by atoms with Crippen molar-refractivity contribution >= 4 is 11.5 Å². The number of carbonyl (C=O) groups excluding carboxylic acids is 1. The quantitative estimate of drug-likeness (QED) is 0.640. The molecule has 0 saturated heterocycles. The molecule has 0 saturated carbocycles. The fourth-order valence-electron chi connectivity index (χ4n) is 2.83. The lowest BCUT2D eigenvalue weighted by Crippen LogP contribution is -2.13. The highest BCUT2D eigenvalue weighted by Crippen LogP contribution is 2.22. The molecule has 5 nitrogen and oxygen atoms in total. The van der Waals surface area contributed by atoms with E-state index in [0.29, 0.717) is 6.42 Å². The number of fused-ring (bicyclic) bond motifs is 1. The van der Waals surface area contributed by atoms with Crippen molar-refractivity contribution in [2.75, 3.05) is 0 Å². The van der Waals surface area contributed by atoms with Gasteiger partial charge < -0.3 is 4.57 Å². The summed E-state index contributed by atoms with van der Waals surface area (Å²) in [6.45, 7) is 0.792. The van der Waals surface area contributed by atoms with E-state index in [0.717, 1.165) is 42.6 Å². The molecule has 3 rings (SSSR count). The number of nitro groups is 1. The normalized spacial score (nSPS) is 14.0. The van der Waals surface area contributed by atoms with Gasteiger partial charge in [-0.3, -0.25) is 14.9 Å². The fourth-order valence-corrected chi connectivity index (χ4v) is 2.83. The van der Waals surface area contributed by atoms with Crippen molar-refractivity contribution in [3.63, 3.8) is 0 Å². The van der Waals surface area contributed by atoms with E-state index in [-0.39, 0.29) is 11.5 Å². The molecule has 108 valence electrons. The highest BCUT2D eigenvalue weighted by atomic mass is 16.6. The number of benzene rings is 1. The predicted molar refractivity (Wildman–Crippen MR) is 78.5 cm³/mol. The number of Topliss-reactive ketones (excluding diaryl/α,β-unsaturated/α-hetero) is 1. The Bertz CT molecular complexity index is 686. The Kier molecular flexibility index (Phi) is 3.56. The van der Waals surface area contributed by atoms with Crippen LogP contribution in [0.4, 0.5) is 5.69 Å². The van der Waals surface area contributed by atoms with E-state index in [1.165, 1.54) is 12.1 Å². The molecule has 0 radical (unpaired) electrons. The first-order chi connectivity index (χ1) is 10.1. The van der Waals surface area contributed by atoms with Gasteiger partial charge in [0.15, 0.2) is 5.78 Å². The minimum atomic E-state index is -0.391. The Labute approximate surface area is 122 Å². The Morgan fingerprint density at radius 1 is 1.14 bits per heavy atom. The summed E-state index contributed by atoms with van der Waals surface area (Å²) >= 11 is 0. The van der Waals surface area contributed by atoms with Gasteiger partial charge in [-0.2, -0.15) is 0 Å². The molecule has 1 aromatic heterocycles. The van der Waals surface area contributed by atoms with Crippen molar-refractivity contribution in [2.24, 2.45) is 0 Å². The van der Waals surface area contributed by atoms with Gasteiger partial charge in [-0.1, -0.05) is 12.1 Å². The zero-order valence-corrected chi connectivity index (χ0v) is 11.6. The maximum Gasteiger partial charge on any atom is 0.269 e. The van der Waals surface area contributed by atoms with Gasteiger partial charge in [0.2, 0.25) is 0 Å². The van der Waals surface area contributed by atoms with Crippen molar-refractivity contribution in [3.8, 4) is 0 Å². The number of hydrogen-bond acceptors (Lipinski definition) is 3. The largest absolute Gasteiger partial charge is 0.350 e. The van der Waals surface area contributed by atoms with Gasteiger partial charge in [-0.15, -0.1) is 0 Å². The topological polar surface area (TPSA) is 65.1 Å². The number of aromatic nitrogens is 1. The average molecular weight is 284 g/mol. The zero-order chi connectivity index (χ0) is 14.8. The maximum atomic E-state index is 11.8. The van der Waals surface area contributed by atoms with Gasteiger partial charge in [0.1, 0.15) is 0 Å². The Morgan fingerprint density at radius 3 is 2.62 bits per heavy atom. The fraction of sp³-hybridized carbons (Fsp3) is 0.312. The lowest BCUT2D eigenvalue weighted by atomic mass is 9.97. The first kappa shape index (κ1) is 13.5. The third kappa shape index (κ3) is 2.72. The molecule has 0 bridgehead atoms. The van der Waals surface area contributed by atoms with E-state index >= 15 is 0 Å². The molecular weight excluding hydrogens is 268 g/mol. The van der Waals surface area contributed by atoms with Crippen LogP contribution in [0, 0.1) is 10.1 Å². The molecule has 2 aromatic rings. The molecular formula is C16H16N2O3.